The molecule has 1 saturated carbocycles. The van der Waals surface area contributed by atoms with Crippen LogP contribution in [-0.4, -0.2) is 25.0 Å². The fraction of sp³-hybridized carbons (Fsp3) is 0.600. The van der Waals surface area contributed by atoms with Crippen LogP contribution >= 0.6 is 0 Å². The van der Waals surface area contributed by atoms with Crippen molar-refractivity contribution in [2.45, 2.75) is 58.3 Å². The van der Waals surface area contributed by atoms with Crippen LogP contribution in [0, 0.1) is 5.92 Å². The lowest BCUT2D eigenvalue weighted by Gasteiger charge is -2.20. The van der Waals surface area contributed by atoms with E-state index in [0.717, 1.165) is 5.69 Å². The highest BCUT2D eigenvalue weighted by Crippen LogP contribution is 2.26. The Kier molecular flexibility index (Phi) is 7.76. The Morgan fingerprint density at radius 1 is 1.28 bits per heavy atom. The number of carbonyl (C=O) groups excluding carboxylic acids is 1. The van der Waals surface area contributed by atoms with Gasteiger partial charge in [-0.15, -0.1) is 0 Å². The van der Waals surface area contributed by atoms with Gasteiger partial charge >= 0.3 is 0 Å². The average molecular weight is 345 g/mol. The molecule has 138 valence electrons. The number of carbonyl (C=O) groups is 1. The van der Waals surface area contributed by atoms with E-state index in [-0.39, 0.29) is 5.91 Å². The number of aliphatic imine (C=N–C) groups is 1. The van der Waals surface area contributed by atoms with Crippen LogP contribution in [0.3, 0.4) is 0 Å². The maximum atomic E-state index is 11.9. The first-order chi connectivity index (χ1) is 12.0. The van der Waals surface area contributed by atoms with Crippen molar-refractivity contribution in [3.63, 3.8) is 0 Å². The van der Waals surface area contributed by atoms with Crippen LogP contribution in [0.5, 0.6) is 0 Å². The molecule has 1 aliphatic carbocycles. The largest absolute Gasteiger partial charge is 0.370 e. The number of nitrogens with one attached hydrogen (secondary N) is 2. The van der Waals surface area contributed by atoms with Gasteiger partial charge in [0.05, 0.1) is 6.54 Å². The summed E-state index contributed by atoms with van der Waals surface area (Å²) in [5, 5.41) is 6.05. The van der Waals surface area contributed by atoms with Gasteiger partial charge < -0.3 is 16.4 Å². The van der Waals surface area contributed by atoms with E-state index < -0.39 is 0 Å². The number of rotatable bonds is 7. The topological polar surface area (TPSA) is 79.5 Å². The van der Waals surface area contributed by atoms with Crippen molar-refractivity contribution in [2.75, 3.05) is 18.4 Å². The quantitative estimate of drug-likeness (QED) is 0.401. The van der Waals surface area contributed by atoms with Crippen LogP contribution in [0.2, 0.25) is 0 Å². The van der Waals surface area contributed by atoms with Crippen molar-refractivity contribution in [3.05, 3.63) is 29.8 Å². The molecule has 0 heterocycles. The number of hydrogen-bond acceptors (Lipinski definition) is 2. The van der Waals surface area contributed by atoms with Gasteiger partial charge in [0.15, 0.2) is 5.96 Å². The smallest absolute Gasteiger partial charge is 0.220 e. The highest BCUT2D eigenvalue weighted by molar-refractivity contribution is 5.92. The van der Waals surface area contributed by atoms with Gasteiger partial charge in [0.1, 0.15) is 0 Å². The molecule has 4 N–H and O–H groups in total. The number of anilines is 1. The third-order valence-corrected chi connectivity index (χ3v) is 4.74. The summed E-state index contributed by atoms with van der Waals surface area (Å²) >= 11 is 0. The van der Waals surface area contributed by atoms with Crippen molar-refractivity contribution in [2.24, 2.45) is 16.6 Å². The molecule has 0 bridgehead atoms. The van der Waals surface area contributed by atoms with Crippen LogP contribution in [-0.2, 0) is 4.79 Å². The van der Waals surface area contributed by atoms with Gasteiger partial charge in [-0.2, -0.15) is 0 Å². The molecule has 1 aromatic rings. The molecule has 0 aliphatic heterocycles. The lowest BCUT2D eigenvalue weighted by Crippen LogP contribution is -2.30. The molecule has 1 amide bonds. The van der Waals surface area contributed by atoms with Crippen LogP contribution in [0.15, 0.2) is 29.3 Å². The lowest BCUT2D eigenvalue weighted by molar-refractivity contribution is -0.122. The van der Waals surface area contributed by atoms with Crippen LogP contribution in [0.25, 0.3) is 0 Å². The minimum Gasteiger partial charge on any atom is -0.370 e. The average Bonchev–Trinajstić information content (AvgIpc) is 2.60. The summed E-state index contributed by atoms with van der Waals surface area (Å²) in [6.07, 6.45) is 6.89. The molecular weight excluding hydrogens is 312 g/mol. The summed E-state index contributed by atoms with van der Waals surface area (Å²) in [6, 6.07) is 8.17. The minimum atomic E-state index is 0.137. The van der Waals surface area contributed by atoms with Gasteiger partial charge in [0.25, 0.3) is 0 Å². The molecule has 0 aromatic heterocycles. The first kappa shape index (κ1) is 19.3. The zero-order valence-corrected chi connectivity index (χ0v) is 15.6. The third-order valence-electron chi connectivity index (χ3n) is 4.74. The number of nitrogens with two attached hydrogens (primary N) is 1. The summed E-state index contributed by atoms with van der Waals surface area (Å²) in [5.41, 5.74) is 8.12. The molecule has 0 radical (unpaired) electrons. The van der Waals surface area contributed by atoms with Gasteiger partial charge in [0, 0.05) is 18.7 Å². The molecule has 2 rings (SSSR count). The molecule has 5 nitrogen and oxygen atoms in total. The summed E-state index contributed by atoms with van der Waals surface area (Å²) in [6.45, 7) is 5.33. The molecule has 1 aromatic carbocycles. The number of benzene rings is 1. The molecule has 0 spiro atoms. The van der Waals surface area contributed by atoms with Gasteiger partial charge in [-0.05, 0) is 42.4 Å². The summed E-state index contributed by atoms with van der Waals surface area (Å²) in [4.78, 5) is 16.2. The van der Waals surface area contributed by atoms with Crippen molar-refractivity contribution in [1.82, 2.24) is 5.32 Å². The molecule has 0 saturated heterocycles. The first-order valence-corrected chi connectivity index (χ1v) is 9.48. The summed E-state index contributed by atoms with van der Waals surface area (Å²) in [7, 11) is 0. The molecule has 1 aliphatic rings. The molecule has 5 heteroatoms. The lowest BCUT2D eigenvalue weighted by atomic mass is 9.87. The zero-order chi connectivity index (χ0) is 18.1. The number of hydrogen-bond donors (Lipinski definition) is 3. The standard InChI is InChI=1S/C20H32N4O/c1-15(2)17-9-6-10-18(14-17)24-20(21)23-12-11-22-19(25)13-16-7-4-3-5-8-16/h6,9-10,14-16H,3-5,7-8,11-13H2,1-2H3,(H,22,25)(H3,21,23,24). The molecule has 0 unspecified atom stereocenters. The van der Waals surface area contributed by atoms with Crippen molar-refractivity contribution < 1.29 is 4.79 Å². The van der Waals surface area contributed by atoms with Gasteiger partial charge in [-0.3, -0.25) is 9.79 Å². The summed E-state index contributed by atoms with van der Waals surface area (Å²) in [5.74, 6) is 1.55. The van der Waals surface area contributed by atoms with E-state index in [2.05, 4.69) is 41.6 Å². The fourth-order valence-electron chi connectivity index (χ4n) is 3.26. The summed E-state index contributed by atoms with van der Waals surface area (Å²) < 4.78 is 0. The van der Waals surface area contributed by atoms with Crippen molar-refractivity contribution in [3.8, 4) is 0 Å². The Morgan fingerprint density at radius 2 is 2.04 bits per heavy atom. The van der Waals surface area contributed by atoms with E-state index in [1.807, 2.05) is 12.1 Å². The second-order valence-electron chi connectivity index (χ2n) is 7.23. The second-order valence-corrected chi connectivity index (χ2v) is 7.23. The van der Waals surface area contributed by atoms with Crippen LogP contribution in [0.1, 0.15) is 63.9 Å². The molecule has 1 fully saturated rings. The first-order valence-electron chi connectivity index (χ1n) is 9.48. The van der Waals surface area contributed by atoms with Gasteiger partial charge in [0.2, 0.25) is 5.91 Å². The van der Waals surface area contributed by atoms with E-state index in [9.17, 15) is 4.79 Å². The van der Waals surface area contributed by atoms with Gasteiger partial charge in [-0.25, -0.2) is 0 Å². The van der Waals surface area contributed by atoms with Gasteiger partial charge in [-0.1, -0.05) is 45.2 Å². The predicted octanol–water partition coefficient (Wildman–Crippen LogP) is 3.62. The highest BCUT2D eigenvalue weighted by atomic mass is 16.1. The van der Waals surface area contributed by atoms with Crippen LogP contribution in [0.4, 0.5) is 5.69 Å². The fourth-order valence-corrected chi connectivity index (χ4v) is 3.26. The molecule has 0 atom stereocenters. The van der Waals surface area contributed by atoms with Crippen LogP contribution < -0.4 is 16.4 Å². The van der Waals surface area contributed by atoms with E-state index in [1.165, 1.54) is 37.7 Å². The Balaban J connectivity index is 1.68. The van der Waals surface area contributed by atoms with E-state index in [4.69, 9.17) is 5.73 Å². The van der Waals surface area contributed by atoms with Crippen molar-refractivity contribution >= 4 is 17.6 Å². The SMILES string of the molecule is CC(C)c1cccc(NC(N)=NCCNC(=O)CC2CCCCC2)c1. The monoisotopic (exact) mass is 344 g/mol. The predicted molar refractivity (Wildman–Crippen MR) is 105 cm³/mol. The second kappa shape index (κ2) is 10.1. The Labute approximate surface area is 151 Å². The Morgan fingerprint density at radius 3 is 2.76 bits per heavy atom. The number of amides is 1. The van der Waals surface area contributed by atoms with Crippen molar-refractivity contribution in [1.29, 1.82) is 0 Å². The molecule has 25 heavy (non-hydrogen) atoms. The normalized spacial score (nSPS) is 16.0. The minimum absolute atomic E-state index is 0.137. The van der Waals surface area contributed by atoms with E-state index in [0.29, 0.717) is 37.3 Å². The molecular formula is C20H32N4O. The third kappa shape index (κ3) is 7.16. The van der Waals surface area contributed by atoms with E-state index >= 15 is 0 Å². The maximum Gasteiger partial charge on any atom is 0.220 e. The number of guanidine groups is 1. The highest BCUT2D eigenvalue weighted by Gasteiger charge is 2.16. The Bertz CT molecular complexity index is 577. The maximum absolute atomic E-state index is 11.9. The number of nitrogens with zero attached hydrogens (tertiary/aromatic N) is 1. The van der Waals surface area contributed by atoms with E-state index in [1.54, 1.807) is 0 Å². The Hall–Kier alpha value is -2.04. The zero-order valence-electron chi connectivity index (χ0n) is 15.6.